The van der Waals surface area contributed by atoms with Gasteiger partial charge in [0.15, 0.2) is 0 Å². The van der Waals surface area contributed by atoms with E-state index in [-0.39, 0.29) is 5.91 Å². The fourth-order valence-electron chi connectivity index (χ4n) is 3.34. The zero-order valence-electron chi connectivity index (χ0n) is 17.2. The fraction of sp³-hybridized carbons (Fsp3) is 0.320. The van der Waals surface area contributed by atoms with Gasteiger partial charge >= 0.3 is 0 Å². The number of nitrogens with one attached hydrogen (secondary N) is 2. The van der Waals surface area contributed by atoms with E-state index in [9.17, 15) is 4.79 Å². The molecule has 4 rings (SSSR count). The molecular weight excluding hydrogens is 360 g/mol. The fourth-order valence-corrected chi connectivity index (χ4v) is 3.34. The summed E-state index contributed by atoms with van der Waals surface area (Å²) < 4.78 is 5.13. The molecule has 29 heavy (non-hydrogen) atoms. The summed E-state index contributed by atoms with van der Waals surface area (Å²) in [5.41, 5.74) is 3.79. The van der Waals surface area contributed by atoms with E-state index < -0.39 is 0 Å². The van der Waals surface area contributed by atoms with Crippen molar-refractivity contribution in [3.8, 4) is 11.8 Å². The van der Waals surface area contributed by atoms with Gasteiger partial charge in [-0.25, -0.2) is 0 Å². The topological polar surface area (TPSA) is 54.3 Å². The van der Waals surface area contributed by atoms with Gasteiger partial charge in [0.2, 0.25) is 5.91 Å². The summed E-state index contributed by atoms with van der Waals surface area (Å²) in [7, 11) is 1.65. The summed E-state index contributed by atoms with van der Waals surface area (Å²) >= 11 is 0. The van der Waals surface area contributed by atoms with Crippen LogP contribution in [0.4, 0.5) is 5.69 Å². The average Bonchev–Trinajstić information content (AvgIpc) is 3.36. The molecule has 2 N–H and O–H groups in total. The van der Waals surface area contributed by atoms with Crippen LogP contribution in [-0.4, -0.2) is 19.5 Å². The van der Waals surface area contributed by atoms with Crippen molar-refractivity contribution in [3.05, 3.63) is 65.6 Å². The molecule has 2 aromatic rings. The van der Waals surface area contributed by atoms with Gasteiger partial charge in [-0.05, 0) is 73.6 Å². The first-order chi connectivity index (χ1) is 14.1. The monoisotopic (exact) mass is 388 g/mol. The minimum atomic E-state index is 0.00640. The number of hydrogen-bond donors (Lipinski definition) is 2. The summed E-state index contributed by atoms with van der Waals surface area (Å²) in [5, 5.41) is 5.75. The minimum Gasteiger partial charge on any atom is -0.465 e. The maximum Gasteiger partial charge on any atom is 0.239 e. The van der Waals surface area contributed by atoms with Crippen LogP contribution in [0.3, 0.4) is 0 Å². The third-order valence-electron chi connectivity index (χ3n) is 5.05. The summed E-state index contributed by atoms with van der Waals surface area (Å²) in [6.07, 6.45) is 11.4. The Morgan fingerprint density at radius 3 is 2.97 bits per heavy atom. The lowest BCUT2D eigenvalue weighted by Gasteiger charge is -2.13. The molecule has 4 nitrogen and oxygen atoms in total. The second kappa shape index (κ2) is 9.84. The summed E-state index contributed by atoms with van der Waals surface area (Å²) in [5.74, 6) is 8.55. The highest BCUT2D eigenvalue weighted by atomic mass is 16.3. The van der Waals surface area contributed by atoms with Gasteiger partial charge in [-0.2, -0.15) is 0 Å². The van der Waals surface area contributed by atoms with E-state index in [0.717, 1.165) is 23.3 Å². The largest absolute Gasteiger partial charge is 0.465 e. The van der Waals surface area contributed by atoms with E-state index in [1.807, 2.05) is 37.3 Å². The number of amides is 1. The highest BCUT2D eigenvalue weighted by Crippen LogP contribution is 2.53. The molecule has 1 aromatic carbocycles. The minimum absolute atomic E-state index is 0.00640. The van der Waals surface area contributed by atoms with Gasteiger partial charge in [0.1, 0.15) is 5.76 Å². The number of carbonyl (C=O) groups excluding carboxylic acids is 1. The predicted octanol–water partition coefficient (Wildman–Crippen LogP) is 4.93. The van der Waals surface area contributed by atoms with Crippen LogP contribution in [-0.2, 0) is 4.79 Å². The van der Waals surface area contributed by atoms with E-state index in [4.69, 9.17) is 4.42 Å². The molecule has 1 amide bonds. The first-order valence-electron chi connectivity index (χ1n) is 10.0. The van der Waals surface area contributed by atoms with E-state index in [2.05, 4.69) is 53.7 Å². The quantitative estimate of drug-likeness (QED) is 0.714. The third-order valence-corrected chi connectivity index (χ3v) is 5.05. The van der Waals surface area contributed by atoms with E-state index in [0.29, 0.717) is 12.5 Å². The lowest BCUT2D eigenvalue weighted by molar-refractivity contribution is -0.118. The molecule has 3 atom stereocenters. The van der Waals surface area contributed by atoms with Gasteiger partial charge in [0.25, 0.3) is 0 Å². The van der Waals surface area contributed by atoms with Crippen molar-refractivity contribution in [2.24, 2.45) is 11.8 Å². The molecule has 1 saturated carbocycles. The number of likely N-dealkylation sites (N-methyl/N-ethyl adjacent to an activating group) is 1. The number of fused-ring (bicyclic) bond motifs is 3. The van der Waals surface area contributed by atoms with Crippen LogP contribution in [0.2, 0.25) is 0 Å². The number of benzene rings is 1. The summed E-state index contributed by atoms with van der Waals surface area (Å²) in [4.78, 5) is 11.2. The molecule has 0 saturated heterocycles. The molecule has 2 aliphatic rings. The number of rotatable bonds is 5. The van der Waals surface area contributed by atoms with Gasteiger partial charge in [0.05, 0.1) is 12.8 Å². The van der Waals surface area contributed by atoms with Crippen LogP contribution in [0.1, 0.15) is 43.1 Å². The molecule has 1 heterocycles. The molecule has 150 valence electrons. The second-order valence-corrected chi connectivity index (χ2v) is 7.29. The van der Waals surface area contributed by atoms with Crippen LogP contribution < -0.4 is 10.6 Å². The molecule has 0 spiro atoms. The SMILES string of the molecule is CC#CC(C)/C=C/c1ccco1.CNC(=O)CNc1ccc2c(c1)C1CC1C=C2. The van der Waals surface area contributed by atoms with Gasteiger partial charge in [-0.3, -0.25) is 4.79 Å². The van der Waals surface area contributed by atoms with Gasteiger partial charge in [-0.15, -0.1) is 5.92 Å². The highest BCUT2D eigenvalue weighted by Gasteiger charge is 2.39. The van der Waals surface area contributed by atoms with Gasteiger partial charge in [-0.1, -0.05) is 30.2 Å². The molecule has 0 radical (unpaired) electrons. The van der Waals surface area contributed by atoms with Crippen molar-refractivity contribution in [2.75, 3.05) is 18.9 Å². The Kier molecular flexibility index (Phi) is 6.97. The van der Waals surface area contributed by atoms with Crippen LogP contribution in [0, 0.1) is 23.7 Å². The Bertz CT molecular complexity index is 945. The normalized spacial score (nSPS) is 19.0. The number of furan rings is 1. The number of hydrogen-bond acceptors (Lipinski definition) is 3. The molecule has 0 bridgehead atoms. The Balaban J connectivity index is 0.000000177. The Morgan fingerprint density at radius 2 is 2.24 bits per heavy atom. The average molecular weight is 389 g/mol. The second-order valence-electron chi connectivity index (χ2n) is 7.29. The number of allylic oxidation sites excluding steroid dienone is 2. The maximum absolute atomic E-state index is 11.2. The first-order valence-corrected chi connectivity index (χ1v) is 10.0. The van der Waals surface area contributed by atoms with Crippen LogP contribution >= 0.6 is 0 Å². The lowest BCUT2D eigenvalue weighted by atomic mass is 9.96. The molecule has 0 aliphatic heterocycles. The predicted molar refractivity (Wildman–Crippen MR) is 119 cm³/mol. The van der Waals surface area contributed by atoms with Crippen LogP contribution in [0.25, 0.3) is 12.2 Å². The number of carbonyl (C=O) groups is 1. The first kappa shape index (κ1) is 20.5. The van der Waals surface area contributed by atoms with Crippen molar-refractivity contribution in [1.29, 1.82) is 0 Å². The molecule has 4 heteroatoms. The van der Waals surface area contributed by atoms with Crippen molar-refractivity contribution >= 4 is 23.7 Å². The van der Waals surface area contributed by atoms with Crippen molar-refractivity contribution in [1.82, 2.24) is 5.32 Å². The zero-order valence-corrected chi connectivity index (χ0v) is 17.2. The van der Waals surface area contributed by atoms with Crippen molar-refractivity contribution in [3.63, 3.8) is 0 Å². The van der Waals surface area contributed by atoms with Crippen molar-refractivity contribution < 1.29 is 9.21 Å². The maximum atomic E-state index is 11.2. The summed E-state index contributed by atoms with van der Waals surface area (Å²) in [6, 6.07) is 10.1. The smallest absolute Gasteiger partial charge is 0.239 e. The van der Waals surface area contributed by atoms with Crippen molar-refractivity contribution in [2.45, 2.75) is 26.2 Å². The standard InChI is InChI=1S/C14H16N2O.C11H12O/c1-15-14(17)8-16-11-5-4-9-2-3-10-6-12(10)13(9)7-11;1-3-5-10(2)7-8-11-6-4-9-12-11/h2-5,7,10,12,16H,6,8H2,1H3,(H,15,17);4,6-10H,1-2H3/b;8-7+. The summed E-state index contributed by atoms with van der Waals surface area (Å²) in [6.45, 7) is 4.23. The Morgan fingerprint density at radius 1 is 1.38 bits per heavy atom. The lowest BCUT2D eigenvalue weighted by Crippen LogP contribution is -2.26. The highest BCUT2D eigenvalue weighted by molar-refractivity contribution is 5.80. The van der Waals surface area contributed by atoms with Gasteiger partial charge in [0, 0.05) is 18.7 Å². The Hall–Kier alpha value is -3.19. The molecule has 1 fully saturated rings. The van der Waals surface area contributed by atoms with Crippen LogP contribution in [0.15, 0.2) is 53.2 Å². The zero-order chi connectivity index (χ0) is 20.6. The van der Waals surface area contributed by atoms with E-state index in [1.54, 1.807) is 13.3 Å². The molecule has 2 aliphatic carbocycles. The molecular formula is C25H28N2O2. The molecule has 1 aromatic heterocycles. The van der Waals surface area contributed by atoms with E-state index in [1.165, 1.54) is 17.5 Å². The molecule has 3 unspecified atom stereocenters. The Labute approximate surface area is 173 Å². The van der Waals surface area contributed by atoms with Gasteiger partial charge < -0.3 is 15.1 Å². The third kappa shape index (κ3) is 5.89. The van der Waals surface area contributed by atoms with Crippen LogP contribution in [0.5, 0.6) is 0 Å². The number of anilines is 1. The van der Waals surface area contributed by atoms with E-state index >= 15 is 0 Å².